The summed E-state index contributed by atoms with van der Waals surface area (Å²) in [5.74, 6) is -0.992. The number of benzene rings is 2. The van der Waals surface area contributed by atoms with E-state index in [4.69, 9.17) is 4.74 Å². The molecule has 0 heterocycles. The standard InChI is InChI=1S/C28H32N2O5/c1-18(11-12-24(31)29-17-28(25(32)33)16-27(28)13-6-14-27)30-26(34)35-15-23-21-9-4-2-7-19(21)20-8-3-5-10-22(20)23/h2-5,7-10,18,23H,6,11-17H2,1H3,(H,29,31)(H,30,34)(H,32,33). The monoisotopic (exact) mass is 476 g/mol. The van der Waals surface area contributed by atoms with Crippen molar-refractivity contribution in [3.05, 3.63) is 59.7 Å². The summed E-state index contributed by atoms with van der Waals surface area (Å²) in [6.07, 6.45) is 3.77. The number of fused-ring (bicyclic) bond motifs is 3. The van der Waals surface area contributed by atoms with Crippen molar-refractivity contribution in [1.29, 1.82) is 0 Å². The average Bonchev–Trinajstić information content (AvgIpc) is 3.45. The van der Waals surface area contributed by atoms with Crippen LogP contribution >= 0.6 is 0 Å². The van der Waals surface area contributed by atoms with Crippen LogP contribution in [0.1, 0.15) is 62.5 Å². The summed E-state index contributed by atoms with van der Waals surface area (Å²) in [6, 6.07) is 16.1. The Morgan fingerprint density at radius 1 is 1.06 bits per heavy atom. The van der Waals surface area contributed by atoms with E-state index in [1.165, 1.54) is 11.1 Å². The number of hydrogen-bond acceptors (Lipinski definition) is 4. The first-order chi connectivity index (χ1) is 16.9. The maximum atomic E-state index is 12.4. The van der Waals surface area contributed by atoms with Gasteiger partial charge in [0.2, 0.25) is 5.91 Å². The summed E-state index contributed by atoms with van der Waals surface area (Å²) in [7, 11) is 0. The highest BCUT2D eigenvalue weighted by molar-refractivity contribution is 5.83. The lowest BCUT2D eigenvalue weighted by Gasteiger charge is -2.31. The van der Waals surface area contributed by atoms with Crippen LogP contribution in [0, 0.1) is 10.8 Å². The molecular weight excluding hydrogens is 444 g/mol. The molecule has 1 spiro atoms. The van der Waals surface area contributed by atoms with Crippen molar-refractivity contribution in [2.75, 3.05) is 13.2 Å². The van der Waals surface area contributed by atoms with Crippen LogP contribution in [0.15, 0.2) is 48.5 Å². The van der Waals surface area contributed by atoms with Crippen LogP contribution < -0.4 is 10.6 Å². The van der Waals surface area contributed by atoms with Crippen LogP contribution in [0.5, 0.6) is 0 Å². The summed E-state index contributed by atoms with van der Waals surface area (Å²) in [5.41, 5.74) is 3.79. The van der Waals surface area contributed by atoms with E-state index in [1.807, 2.05) is 31.2 Å². The first kappa shape index (κ1) is 23.4. The van der Waals surface area contributed by atoms with Gasteiger partial charge in [-0.15, -0.1) is 0 Å². The molecule has 2 amide bonds. The molecule has 5 rings (SSSR count). The molecule has 0 bridgehead atoms. The third-order valence-corrected chi connectivity index (χ3v) is 8.35. The van der Waals surface area contributed by atoms with Crippen LogP contribution in [0.3, 0.4) is 0 Å². The largest absolute Gasteiger partial charge is 0.481 e. The number of carboxylic acids is 1. The van der Waals surface area contributed by atoms with Gasteiger partial charge in [-0.05, 0) is 60.3 Å². The van der Waals surface area contributed by atoms with E-state index < -0.39 is 17.5 Å². The fourth-order valence-corrected chi connectivity index (χ4v) is 6.02. The molecule has 2 unspecified atom stereocenters. The van der Waals surface area contributed by atoms with E-state index in [-0.39, 0.29) is 42.9 Å². The van der Waals surface area contributed by atoms with Gasteiger partial charge in [-0.25, -0.2) is 4.79 Å². The molecule has 7 nitrogen and oxygen atoms in total. The zero-order valence-corrected chi connectivity index (χ0v) is 20.0. The van der Waals surface area contributed by atoms with E-state index >= 15 is 0 Å². The summed E-state index contributed by atoms with van der Waals surface area (Å²) >= 11 is 0. The van der Waals surface area contributed by atoms with Crippen LogP contribution in [-0.4, -0.2) is 42.3 Å². The molecule has 0 aliphatic heterocycles. The van der Waals surface area contributed by atoms with E-state index in [0.29, 0.717) is 12.8 Å². The topological polar surface area (TPSA) is 105 Å². The molecular formula is C28H32N2O5. The minimum absolute atomic E-state index is 0.00262. The van der Waals surface area contributed by atoms with Crippen LogP contribution in [0.4, 0.5) is 4.79 Å². The van der Waals surface area contributed by atoms with Crippen LogP contribution in [0.2, 0.25) is 0 Å². The molecule has 0 aromatic heterocycles. The van der Waals surface area contributed by atoms with Gasteiger partial charge in [0, 0.05) is 24.9 Å². The maximum absolute atomic E-state index is 12.4. The molecule has 0 saturated heterocycles. The Morgan fingerprint density at radius 3 is 2.23 bits per heavy atom. The maximum Gasteiger partial charge on any atom is 0.407 e. The number of carboxylic acid groups (broad SMARTS) is 1. The number of aliphatic carboxylic acids is 1. The van der Waals surface area contributed by atoms with Gasteiger partial charge in [-0.1, -0.05) is 55.0 Å². The molecule has 3 N–H and O–H groups in total. The lowest BCUT2D eigenvalue weighted by molar-refractivity contribution is -0.146. The summed E-state index contributed by atoms with van der Waals surface area (Å²) in [4.78, 5) is 36.5. The predicted molar refractivity (Wildman–Crippen MR) is 131 cm³/mol. The lowest BCUT2D eigenvalue weighted by Crippen LogP contribution is -2.40. The van der Waals surface area contributed by atoms with Crippen LogP contribution in [-0.2, 0) is 14.3 Å². The molecule has 3 aliphatic carbocycles. The number of carbonyl (C=O) groups is 3. The van der Waals surface area contributed by atoms with Gasteiger partial charge in [-0.2, -0.15) is 0 Å². The van der Waals surface area contributed by atoms with Crippen molar-refractivity contribution in [2.24, 2.45) is 10.8 Å². The smallest absolute Gasteiger partial charge is 0.407 e. The number of ether oxygens (including phenoxy) is 1. The molecule has 2 atom stereocenters. The number of hydrogen-bond donors (Lipinski definition) is 3. The van der Waals surface area contributed by atoms with E-state index in [1.54, 1.807) is 0 Å². The molecule has 0 radical (unpaired) electrons. The minimum atomic E-state index is -0.803. The van der Waals surface area contributed by atoms with E-state index in [0.717, 1.165) is 30.4 Å². The van der Waals surface area contributed by atoms with Crippen molar-refractivity contribution in [3.63, 3.8) is 0 Å². The summed E-state index contributed by atoms with van der Waals surface area (Å²) in [5, 5.41) is 15.3. The van der Waals surface area contributed by atoms with Crippen molar-refractivity contribution < 1.29 is 24.2 Å². The van der Waals surface area contributed by atoms with Gasteiger partial charge in [-0.3, -0.25) is 9.59 Å². The minimum Gasteiger partial charge on any atom is -0.481 e. The third kappa shape index (κ3) is 4.17. The molecule has 35 heavy (non-hydrogen) atoms. The fourth-order valence-electron chi connectivity index (χ4n) is 6.02. The Hall–Kier alpha value is -3.35. The van der Waals surface area contributed by atoms with Crippen molar-refractivity contribution in [3.8, 4) is 11.1 Å². The highest BCUT2D eigenvalue weighted by Crippen LogP contribution is 2.73. The Kier molecular flexibility index (Phi) is 6.03. The van der Waals surface area contributed by atoms with Gasteiger partial charge in [0.15, 0.2) is 0 Å². The van der Waals surface area contributed by atoms with Crippen molar-refractivity contribution in [2.45, 2.75) is 57.4 Å². The zero-order valence-electron chi connectivity index (χ0n) is 20.0. The Balaban J connectivity index is 1.06. The first-order valence-electron chi connectivity index (χ1n) is 12.5. The number of alkyl carbamates (subject to hydrolysis) is 1. The molecule has 184 valence electrons. The highest BCUT2D eigenvalue weighted by Gasteiger charge is 2.73. The SMILES string of the molecule is CC(CCC(=O)NCC1(C(=O)O)CC12CCC2)NC(=O)OCC1c2ccccc2-c2ccccc21. The Labute approximate surface area is 205 Å². The van der Waals surface area contributed by atoms with E-state index in [9.17, 15) is 19.5 Å². The Morgan fingerprint density at radius 2 is 1.69 bits per heavy atom. The molecule has 2 aromatic rings. The highest BCUT2D eigenvalue weighted by atomic mass is 16.5. The van der Waals surface area contributed by atoms with Gasteiger partial charge in [0.1, 0.15) is 6.61 Å². The predicted octanol–water partition coefficient (Wildman–Crippen LogP) is 4.46. The van der Waals surface area contributed by atoms with E-state index in [2.05, 4.69) is 34.9 Å². The normalized spacial score (nSPS) is 21.9. The third-order valence-electron chi connectivity index (χ3n) is 8.35. The van der Waals surface area contributed by atoms with Gasteiger partial charge in [0.25, 0.3) is 0 Å². The summed E-state index contributed by atoms with van der Waals surface area (Å²) in [6.45, 7) is 2.26. The van der Waals surface area contributed by atoms with Crippen molar-refractivity contribution >= 4 is 18.0 Å². The fraction of sp³-hybridized carbons (Fsp3) is 0.464. The Bertz CT molecular complexity index is 1110. The molecule has 7 heteroatoms. The number of rotatable bonds is 9. The van der Waals surface area contributed by atoms with Crippen LogP contribution in [0.25, 0.3) is 11.1 Å². The number of amides is 2. The van der Waals surface area contributed by atoms with Gasteiger partial charge >= 0.3 is 12.1 Å². The first-order valence-corrected chi connectivity index (χ1v) is 12.5. The zero-order chi connectivity index (χ0) is 24.6. The second kappa shape index (κ2) is 9.02. The van der Waals surface area contributed by atoms with Gasteiger partial charge in [0.05, 0.1) is 5.41 Å². The van der Waals surface area contributed by atoms with Crippen molar-refractivity contribution in [1.82, 2.24) is 10.6 Å². The lowest BCUT2D eigenvalue weighted by atomic mass is 9.75. The summed E-state index contributed by atoms with van der Waals surface area (Å²) < 4.78 is 5.57. The molecule has 2 aromatic carbocycles. The number of nitrogens with one attached hydrogen (secondary N) is 2. The molecule has 2 saturated carbocycles. The van der Waals surface area contributed by atoms with Gasteiger partial charge < -0.3 is 20.5 Å². The second-order valence-electron chi connectivity index (χ2n) is 10.4. The quantitative estimate of drug-likeness (QED) is 0.496. The molecule has 3 aliphatic rings. The second-order valence-corrected chi connectivity index (χ2v) is 10.4. The molecule has 2 fully saturated rings. The number of carbonyl (C=O) groups excluding carboxylic acids is 2. The average molecular weight is 477 g/mol.